The minimum Gasteiger partial charge on any atom is -0.347 e. The maximum atomic E-state index is 12.7. The van der Waals surface area contributed by atoms with Crippen molar-refractivity contribution in [3.05, 3.63) is 34.7 Å². The van der Waals surface area contributed by atoms with E-state index in [2.05, 4.69) is 34.7 Å². The molecule has 2 aliphatic heterocycles. The lowest BCUT2D eigenvalue weighted by molar-refractivity contribution is 0.0892. The molecule has 1 spiro atoms. The SMILES string of the molecule is Cc1csc2ccc(C(=O)N[C@@H]3C4CCN(C4)C34CC4)cc12. The largest absolute Gasteiger partial charge is 0.347 e. The quantitative estimate of drug-likeness (QED) is 0.924. The molecule has 1 saturated carbocycles. The number of thiophene rings is 1. The number of carbonyl (C=O) groups is 1. The second kappa shape index (κ2) is 4.33. The number of benzene rings is 1. The van der Waals surface area contributed by atoms with Gasteiger partial charge < -0.3 is 5.32 Å². The van der Waals surface area contributed by atoms with Crippen LogP contribution < -0.4 is 5.32 Å². The number of fused-ring (bicyclic) bond motifs is 4. The van der Waals surface area contributed by atoms with E-state index >= 15 is 0 Å². The van der Waals surface area contributed by atoms with Crippen molar-refractivity contribution in [2.24, 2.45) is 5.92 Å². The Labute approximate surface area is 134 Å². The molecule has 3 fully saturated rings. The summed E-state index contributed by atoms with van der Waals surface area (Å²) in [7, 11) is 0. The summed E-state index contributed by atoms with van der Waals surface area (Å²) in [6.07, 6.45) is 3.77. The Kier molecular flexibility index (Phi) is 2.57. The standard InChI is InChI=1S/C18H20N2OS/c1-11-10-22-15-3-2-12(8-14(11)15)17(21)19-16-13-4-7-20(9-13)18(16)5-6-18/h2-3,8,10,13,16H,4-7,9H2,1H3,(H,19,21)/t13?,16-/m1/s1. The highest BCUT2D eigenvalue weighted by molar-refractivity contribution is 7.17. The molecule has 1 aliphatic carbocycles. The molecule has 1 aromatic heterocycles. The first-order valence-electron chi connectivity index (χ1n) is 8.21. The lowest BCUT2D eigenvalue weighted by Crippen LogP contribution is -2.51. The van der Waals surface area contributed by atoms with Crippen molar-refractivity contribution in [2.75, 3.05) is 13.1 Å². The van der Waals surface area contributed by atoms with Crippen LogP contribution in [0.1, 0.15) is 35.2 Å². The van der Waals surface area contributed by atoms with E-state index in [1.807, 2.05) is 6.07 Å². The summed E-state index contributed by atoms with van der Waals surface area (Å²) in [5.41, 5.74) is 2.39. The van der Waals surface area contributed by atoms with Gasteiger partial charge in [0.05, 0.1) is 6.04 Å². The Morgan fingerprint density at radius 2 is 2.27 bits per heavy atom. The summed E-state index contributed by atoms with van der Waals surface area (Å²) in [6.45, 7) is 4.54. The monoisotopic (exact) mass is 312 g/mol. The fraction of sp³-hybridized carbons (Fsp3) is 0.500. The molecule has 114 valence electrons. The number of hydrogen-bond donors (Lipinski definition) is 1. The lowest BCUT2D eigenvalue weighted by Gasteiger charge is -2.33. The first-order chi connectivity index (χ1) is 10.7. The predicted octanol–water partition coefficient (Wildman–Crippen LogP) is 3.18. The van der Waals surface area contributed by atoms with Crippen LogP contribution in [-0.2, 0) is 0 Å². The van der Waals surface area contributed by atoms with Crippen molar-refractivity contribution in [3.63, 3.8) is 0 Å². The van der Waals surface area contributed by atoms with E-state index in [1.165, 1.54) is 48.0 Å². The molecule has 2 bridgehead atoms. The summed E-state index contributed by atoms with van der Waals surface area (Å²) < 4.78 is 1.26. The van der Waals surface area contributed by atoms with Crippen molar-refractivity contribution >= 4 is 27.3 Å². The van der Waals surface area contributed by atoms with E-state index in [9.17, 15) is 4.79 Å². The van der Waals surface area contributed by atoms with Crippen molar-refractivity contribution in [1.29, 1.82) is 0 Å². The van der Waals surface area contributed by atoms with Crippen LogP contribution in [0, 0.1) is 12.8 Å². The average molecular weight is 312 g/mol. The predicted molar refractivity (Wildman–Crippen MR) is 89.5 cm³/mol. The minimum absolute atomic E-state index is 0.109. The van der Waals surface area contributed by atoms with Crippen LogP contribution in [0.25, 0.3) is 10.1 Å². The first-order valence-corrected chi connectivity index (χ1v) is 9.09. The molecule has 3 aliphatic rings. The van der Waals surface area contributed by atoms with E-state index in [0.717, 1.165) is 5.56 Å². The molecule has 2 aromatic rings. The maximum absolute atomic E-state index is 12.7. The van der Waals surface area contributed by atoms with Gasteiger partial charge in [0.1, 0.15) is 0 Å². The fourth-order valence-corrected chi connectivity index (χ4v) is 5.55. The van der Waals surface area contributed by atoms with E-state index < -0.39 is 0 Å². The smallest absolute Gasteiger partial charge is 0.251 e. The number of carbonyl (C=O) groups excluding carboxylic acids is 1. The normalized spacial score (nSPS) is 31.0. The van der Waals surface area contributed by atoms with E-state index in [-0.39, 0.29) is 5.91 Å². The maximum Gasteiger partial charge on any atom is 0.251 e. The van der Waals surface area contributed by atoms with Crippen molar-refractivity contribution in [2.45, 2.75) is 37.8 Å². The molecule has 5 rings (SSSR count). The molecule has 1 N–H and O–H groups in total. The van der Waals surface area contributed by atoms with E-state index in [1.54, 1.807) is 11.3 Å². The number of nitrogens with one attached hydrogen (secondary N) is 1. The molecule has 2 saturated heterocycles. The Morgan fingerprint density at radius 1 is 1.41 bits per heavy atom. The Bertz CT molecular complexity index is 776. The summed E-state index contributed by atoms with van der Waals surface area (Å²) in [5, 5.41) is 6.76. The van der Waals surface area contributed by atoms with Crippen molar-refractivity contribution in [1.82, 2.24) is 10.2 Å². The molecule has 3 atom stereocenters. The molecule has 4 heteroatoms. The number of nitrogens with zero attached hydrogens (tertiary/aromatic N) is 1. The van der Waals surface area contributed by atoms with E-state index in [4.69, 9.17) is 0 Å². The van der Waals surface area contributed by atoms with Gasteiger partial charge in [0.15, 0.2) is 0 Å². The zero-order valence-corrected chi connectivity index (χ0v) is 13.6. The molecule has 0 radical (unpaired) electrons. The molecule has 3 heterocycles. The number of aryl methyl sites for hydroxylation is 1. The van der Waals surface area contributed by atoms with Crippen molar-refractivity contribution < 1.29 is 4.79 Å². The minimum atomic E-state index is 0.109. The van der Waals surface area contributed by atoms with E-state index in [0.29, 0.717) is 17.5 Å². The molecule has 2 unspecified atom stereocenters. The Hall–Kier alpha value is -1.39. The van der Waals surface area contributed by atoms with Gasteiger partial charge in [-0.2, -0.15) is 0 Å². The van der Waals surface area contributed by atoms with Crippen LogP contribution >= 0.6 is 11.3 Å². The number of rotatable bonds is 2. The highest BCUT2D eigenvalue weighted by Crippen LogP contribution is 2.55. The van der Waals surface area contributed by atoms with Gasteiger partial charge >= 0.3 is 0 Å². The van der Waals surface area contributed by atoms with Gasteiger partial charge in [0.25, 0.3) is 5.91 Å². The summed E-state index contributed by atoms with van der Waals surface area (Å²) in [4.78, 5) is 15.4. The van der Waals surface area contributed by atoms with Crippen molar-refractivity contribution in [3.8, 4) is 0 Å². The van der Waals surface area contributed by atoms with Gasteiger partial charge in [-0.25, -0.2) is 0 Å². The van der Waals surface area contributed by atoms with Crippen LogP contribution in [0.5, 0.6) is 0 Å². The molecule has 3 nitrogen and oxygen atoms in total. The fourth-order valence-electron chi connectivity index (χ4n) is 4.63. The zero-order valence-electron chi connectivity index (χ0n) is 12.8. The molecule has 1 aromatic carbocycles. The van der Waals surface area contributed by atoms with Gasteiger partial charge in [-0.15, -0.1) is 11.3 Å². The Morgan fingerprint density at radius 3 is 3.09 bits per heavy atom. The van der Waals surface area contributed by atoms with Crippen LogP contribution in [0.4, 0.5) is 0 Å². The van der Waals surface area contributed by atoms with Crippen LogP contribution in [-0.4, -0.2) is 35.5 Å². The molecular weight excluding hydrogens is 292 g/mol. The van der Waals surface area contributed by atoms with Gasteiger partial charge in [-0.1, -0.05) is 0 Å². The number of piperidine rings is 1. The van der Waals surface area contributed by atoms with Gasteiger partial charge in [-0.05, 0) is 73.2 Å². The summed E-state index contributed by atoms with van der Waals surface area (Å²) in [5.74, 6) is 0.774. The highest BCUT2D eigenvalue weighted by atomic mass is 32.1. The molecular formula is C18H20N2OS. The third kappa shape index (κ3) is 1.68. The molecule has 22 heavy (non-hydrogen) atoms. The third-order valence-corrected chi connectivity index (χ3v) is 7.06. The average Bonchev–Trinajstić information content (AvgIpc) is 2.90. The summed E-state index contributed by atoms with van der Waals surface area (Å²) in [6, 6.07) is 6.48. The van der Waals surface area contributed by atoms with Crippen LogP contribution in [0.2, 0.25) is 0 Å². The molecule has 1 amide bonds. The van der Waals surface area contributed by atoms with Gasteiger partial charge in [0, 0.05) is 22.3 Å². The third-order valence-electron chi connectivity index (χ3n) is 5.98. The second-order valence-electron chi connectivity index (χ2n) is 7.18. The van der Waals surface area contributed by atoms with Crippen LogP contribution in [0.3, 0.4) is 0 Å². The van der Waals surface area contributed by atoms with Gasteiger partial charge in [-0.3, -0.25) is 9.69 Å². The summed E-state index contributed by atoms with van der Waals surface area (Å²) >= 11 is 1.75. The number of amides is 1. The second-order valence-corrected chi connectivity index (χ2v) is 8.09. The topological polar surface area (TPSA) is 32.3 Å². The number of hydrogen-bond acceptors (Lipinski definition) is 3. The first kappa shape index (κ1) is 13.1. The zero-order chi connectivity index (χ0) is 14.9. The van der Waals surface area contributed by atoms with Gasteiger partial charge in [0.2, 0.25) is 0 Å². The Balaban J connectivity index is 1.43. The lowest BCUT2D eigenvalue weighted by atomic mass is 9.91. The highest BCUT2D eigenvalue weighted by Gasteiger charge is 2.63. The van der Waals surface area contributed by atoms with Crippen LogP contribution in [0.15, 0.2) is 23.6 Å².